The molecule has 72 valence electrons. The third-order valence-electron chi connectivity index (χ3n) is 2.52. The van der Waals surface area contributed by atoms with Crippen LogP contribution in [0.3, 0.4) is 0 Å². The Balaban J connectivity index is 2.71. The smallest absolute Gasteiger partial charge is 0.184 e. The van der Waals surface area contributed by atoms with E-state index in [1.165, 1.54) is 16.5 Å². The molecule has 0 aromatic carbocycles. The molecule has 0 radical (unpaired) electrons. The molecule has 2 rings (SSSR count). The molecule has 0 aliphatic carbocycles. The van der Waals surface area contributed by atoms with Crippen LogP contribution >= 0.6 is 0 Å². The quantitative estimate of drug-likeness (QED) is 0.625. The molecule has 0 aliphatic heterocycles. The van der Waals surface area contributed by atoms with E-state index in [4.69, 9.17) is 0 Å². The van der Waals surface area contributed by atoms with Gasteiger partial charge in [-0.2, -0.15) is 0 Å². The zero-order valence-corrected chi connectivity index (χ0v) is 8.86. The van der Waals surface area contributed by atoms with Crippen molar-refractivity contribution in [2.45, 2.75) is 19.8 Å². The van der Waals surface area contributed by atoms with Crippen LogP contribution in [0.1, 0.15) is 25.5 Å². The summed E-state index contributed by atoms with van der Waals surface area (Å²) >= 11 is 0. The van der Waals surface area contributed by atoms with Crippen LogP contribution in [0.15, 0.2) is 30.7 Å². The molecule has 0 bridgehead atoms. The van der Waals surface area contributed by atoms with Gasteiger partial charge in [0, 0.05) is 24.4 Å². The van der Waals surface area contributed by atoms with Gasteiger partial charge in [0.25, 0.3) is 0 Å². The van der Waals surface area contributed by atoms with Crippen molar-refractivity contribution >= 4 is 10.8 Å². The van der Waals surface area contributed by atoms with Crippen molar-refractivity contribution in [2.75, 3.05) is 0 Å². The maximum absolute atomic E-state index is 4.12. The third kappa shape index (κ3) is 1.48. The van der Waals surface area contributed by atoms with E-state index in [2.05, 4.69) is 48.8 Å². The summed E-state index contributed by atoms with van der Waals surface area (Å²) in [4.78, 5) is 4.12. The minimum absolute atomic E-state index is 0.553. The molecule has 2 nitrogen and oxygen atoms in total. The zero-order chi connectivity index (χ0) is 10.1. The first-order valence-corrected chi connectivity index (χ1v) is 4.92. The van der Waals surface area contributed by atoms with Crippen LogP contribution in [0, 0.1) is 0 Å². The summed E-state index contributed by atoms with van der Waals surface area (Å²) in [5.41, 5.74) is 1.35. The van der Waals surface area contributed by atoms with Crippen molar-refractivity contribution in [3.8, 4) is 0 Å². The van der Waals surface area contributed by atoms with Gasteiger partial charge in [-0.3, -0.25) is 4.98 Å². The molecule has 0 atom stereocenters. The Morgan fingerprint density at radius 2 is 2.07 bits per heavy atom. The third-order valence-corrected chi connectivity index (χ3v) is 2.52. The summed E-state index contributed by atoms with van der Waals surface area (Å²) in [6.07, 6.45) is 5.88. The number of hydrogen-bond donors (Lipinski definition) is 0. The second kappa shape index (κ2) is 3.37. The van der Waals surface area contributed by atoms with Crippen LogP contribution < -0.4 is 4.57 Å². The van der Waals surface area contributed by atoms with Crippen molar-refractivity contribution in [1.82, 2.24) is 4.98 Å². The van der Waals surface area contributed by atoms with Crippen molar-refractivity contribution in [3.05, 3.63) is 36.4 Å². The molecular formula is C12H15N2+. The Kier molecular flexibility index (Phi) is 2.20. The van der Waals surface area contributed by atoms with Crippen molar-refractivity contribution < 1.29 is 4.57 Å². The Hall–Kier alpha value is -1.44. The average molecular weight is 187 g/mol. The highest BCUT2D eigenvalue weighted by molar-refractivity contribution is 5.79. The molecule has 2 aromatic rings. The highest BCUT2D eigenvalue weighted by Gasteiger charge is 2.12. The maximum atomic E-state index is 4.12. The number of aryl methyl sites for hydroxylation is 1. The molecule has 0 aliphatic rings. The molecule has 2 aromatic heterocycles. The first kappa shape index (κ1) is 9.13. The first-order valence-electron chi connectivity index (χ1n) is 4.92. The van der Waals surface area contributed by atoms with E-state index >= 15 is 0 Å². The zero-order valence-electron chi connectivity index (χ0n) is 8.86. The van der Waals surface area contributed by atoms with E-state index in [-0.39, 0.29) is 0 Å². The molecule has 0 amide bonds. The lowest BCUT2D eigenvalue weighted by atomic mass is 10.1. The van der Waals surface area contributed by atoms with E-state index in [1.807, 2.05) is 12.4 Å². The SMILES string of the molecule is CC(C)c1cc2ccncc2c[n+]1C. The van der Waals surface area contributed by atoms with Gasteiger partial charge in [0.15, 0.2) is 11.9 Å². The van der Waals surface area contributed by atoms with Crippen LogP contribution in [0.5, 0.6) is 0 Å². The molecule has 0 spiro atoms. The number of pyridine rings is 2. The highest BCUT2D eigenvalue weighted by Crippen LogP contribution is 2.15. The standard InChI is InChI=1S/C12H15N2/c1-9(2)12-6-10-4-5-13-7-11(10)8-14(12)3/h4-9H,1-3H3/q+1. The van der Waals surface area contributed by atoms with Gasteiger partial charge >= 0.3 is 0 Å². The van der Waals surface area contributed by atoms with Crippen LogP contribution in [-0.4, -0.2) is 4.98 Å². The number of rotatable bonds is 1. The van der Waals surface area contributed by atoms with Gasteiger partial charge in [0.1, 0.15) is 7.05 Å². The van der Waals surface area contributed by atoms with E-state index < -0.39 is 0 Å². The predicted octanol–water partition coefficient (Wildman–Crippen LogP) is 2.18. The van der Waals surface area contributed by atoms with Crippen LogP contribution in [0.2, 0.25) is 0 Å². The normalized spacial score (nSPS) is 11.1. The Morgan fingerprint density at radius 1 is 1.29 bits per heavy atom. The fourth-order valence-corrected chi connectivity index (χ4v) is 1.77. The summed E-state index contributed by atoms with van der Waals surface area (Å²) in [6, 6.07) is 4.29. The topological polar surface area (TPSA) is 16.8 Å². The van der Waals surface area contributed by atoms with Gasteiger partial charge in [0.05, 0.1) is 5.39 Å². The summed E-state index contributed by atoms with van der Waals surface area (Å²) in [5, 5.41) is 2.46. The van der Waals surface area contributed by atoms with Gasteiger partial charge in [-0.1, -0.05) is 13.8 Å². The van der Waals surface area contributed by atoms with Crippen LogP contribution in [0.4, 0.5) is 0 Å². The number of aromatic nitrogens is 2. The number of fused-ring (bicyclic) bond motifs is 1. The van der Waals surface area contributed by atoms with Crippen molar-refractivity contribution in [2.24, 2.45) is 7.05 Å². The summed E-state index contributed by atoms with van der Waals surface area (Å²) in [5.74, 6) is 0.553. The molecule has 0 saturated heterocycles. The first-order chi connectivity index (χ1) is 6.68. The van der Waals surface area contributed by atoms with E-state index in [0.717, 1.165) is 0 Å². The summed E-state index contributed by atoms with van der Waals surface area (Å²) < 4.78 is 2.18. The molecular weight excluding hydrogens is 172 g/mol. The lowest BCUT2D eigenvalue weighted by molar-refractivity contribution is -0.678. The fraction of sp³-hybridized carbons (Fsp3) is 0.333. The Morgan fingerprint density at radius 3 is 2.79 bits per heavy atom. The minimum Gasteiger partial charge on any atom is -0.264 e. The van der Waals surface area contributed by atoms with Gasteiger partial charge in [-0.15, -0.1) is 0 Å². The minimum atomic E-state index is 0.553. The Labute approximate surface area is 84.2 Å². The lowest BCUT2D eigenvalue weighted by Gasteiger charge is -2.04. The second-order valence-electron chi connectivity index (χ2n) is 3.97. The lowest BCUT2D eigenvalue weighted by Crippen LogP contribution is -2.33. The van der Waals surface area contributed by atoms with Crippen LogP contribution in [-0.2, 0) is 7.05 Å². The molecule has 14 heavy (non-hydrogen) atoms. The highest BCUT2D eigenvalue weighted by atomic mass is 14.9. The Bertz CT molecular complexity index is 461. The van der Waals surface area contributed by atoms with E-state index in [0.29, 0.717) is 5.92 Å². The molecule has 0 fully saturated rings. The van der Waals surface area contributed by atoms with Crippen molar-refractivity contribution in [3.63, 3.8) is 0 Å². The van der Waals surface area contributed by atoms with E-state index in [9.17, 15) is 0 Å². The molecule has 0 saturated carbocycles. The van der Waals surface area contributed by atoms with Crippen LogP contribution in [0.25, 0.3) is 10.8 Å². The monoisotopic (exact) mass is 187 g/mol. The predicted molar refractivity (Wildman–Crippen MR) is 57.0 cm³/mol. The van der Waals surface area contributed by atoms with Crippen molar-refractivity contribution in [1.29, 1.82) is 0 Å². The molecule has 0 unspecified atom stereocenters. The number of hydrogen-bond acceptors (Lipinski definition) is 1. The summed E-state index contributed by atoms with van der Waals surface area (Å²) in [7, 11) is 2.09. The fourth-order valence-electron chi connectivity index (χ4n) is 1.77. The number of nitrogens with zero attached hydrogens (tertiary/aromatic N) is 2. The van der Waals surface area contributed by atoms with Gasteiger partial charge in [-0.05, 0) is 11.5 Å². The average Bonchev–Trinajstić information content (AvgIpc) is 2.16. The summed E-state index contributed by atoms with van der Waals surface area (Å²) in [6.45, 7) is 4.42. The van der Waals surface area contributed by atoms with E-state index in [1.54, 1.807) is 0 Å². The molecule has 2 heterocycles. The second-order valence-corrected chi connectivity index (χ2v) is 3.97. The maximum Gasteiger partial charge on any atom is 0.184 e. The van der Waals surface area contributed by atoms with Gasteiger partial charge < -0.3 is 0 Å². The molecule has 2 heteroatoms. The van der Waals surface area contributed by atoms with Gasteiger partial charge in [-0.25, -0.2) is 4.57 Å². The molecule has 0 N–H and O–H groups in total. The largest absolute Gasteiger partial charge is 0.264 e. The van der Waals surface area contributed by atoms with Gasteiger partial charge in [0.2, 0.25) is 0 Å².